The number of nitrogens with one attached hydrogen (secondary N) is 2. The SMILES string of the molecule is COc1ccc(OC)c(-c2cc(=O)[nH]c3c2oc2cc(-c4cc(OC)c(F)c(-c5cc(C)nc6c5[nH]c5ccc(C)cc56)c4)ccc23)c1. The molecule has 0 aliphatic heterocycles. The first-order valence-corrected chi connectivity index (χ1v) is 15.4. The fraction of sp³-hybridized carbons (Fsp3) is 0.128. The lowest BCUT2D eigenvalue weighted by atomic mass is 9.96. The minimum absolute atomic E-state index is 0.110. The molecule has 0 radical (unpaired) electrons. The van der Waals surface area contributed by atoms with Crippen molar-refractivity contribution < 1.29 is 23.0 Å². The fourth-order valence-corrected chi connectivity index (χ4v) is 6.58. The van der Waals surface area contributed by atoms with E-state index in [0.29, 0.717) is 50.4 Å². The van der Waals surface area contributed by atoms with Crippen LogP contribution in [0.1, 0.15) is 11.3 Å². The van der Waals surface area contributed by atoms with Gasteiger partial charge in [0.05, 0.1) is 37.9 Å². The molecule has 8 rings (SSSR count). The predicted molar refractivity (Wildman–Crippen MR) is 187 cm³/mol. The van der Waals surface area contributed by atoms with E-state index in [4.69, 9.17) is 23.6 Å². The molecule has 8 aromatic rings. The second kappa shape index (κ2) is 11.0. The Morgan fingerprint density at radius 2 is 1.52 bits per heavy atom. The van der Waals surface area contributed by atoms with Crippen molar-refractivity contribution in [3.8, 4) is 50.6 Å². The van der Waals surface area contributed by atoms with E-state index in [1.54, 1.807) is 32.4 Å². The van der Waals surface area contributed by atoms with E-state index in [1.807, 2.05) is 62.4 Å². The standard InChI is InChI=1S/C39H30FN3O5/c1-19-6-10-30-29(12-19)37-36(42-30)27(13-20(2)41-37)26-14-22(16-33(47-5)35(26)40)21-7-9-24-32(15-21)48-39-28(18-34(44)43-38(24)39)25-17-23(45-3)8-11-31(25)46-4/h6-18,42H,1-5H3,(H,43,44). The van der Waals surface area contributed by atoms with Gasteiger partial charge in [-0.2, -0.15) is 0 Å². The number of aromatic nitrogens is 3. The summed E-state index contributed by atoms with van der Waals surface area (Å²) in [4.78, 5) is 24.1. The number of H-pyrrole nitrogens is 2. The van der Waals surface area contributed by atoms with Crippen molar-refractivity contribution in [2.24, 2.45) is 0 Å². The third-order valence-electron chi connectivity index (χ3n) is 8.88. The molecule has 0 aliphatic carbocycles. The Labute approximate surface area is 273 Å². The van der Waals surface area contributed by atoms with Crippen LogP contribution in [0.3, 0.4) is 0 Å². The predicted octanol–water partition coefficient (Wildman–Crippen LogP) is 9.09. The quantitative estimate of drug-likeness (QED) is 0.188. The number of hydrogen-bond donors (Lipinski definition) is 2. The van der Waals surface area contributed by atoms with Gasteiger partial charge < -0.3 is 28.6 Å². The van der Waals surface area contributed by atoms with Gasteiger partial charge in [-0.05, 0) is 85.6 Å². The summed E-state index contributed by atoms with van der Waals surface area (Å²) in [5.74, 6) is 0.823. The summed E-state index contributed by atoms with van der Waals surface area (Å²) in [7, 11) is 4.61. The second-order valence-electron chi connectivity index (χ2n) is 11.9. The molecule has 8 nitrogen and oxygen atoms in total. The Kier molecular flexibility index (Phi) is 6.73. The Morgan fingerprint density at radius 1 is 0.688 bits per heavy atom. The molecular weight excluding hydrogens is 609 g/mol. The minimum atomic E-state index is -0.470. The van der Waals surface area contributed by atoms with Crippen molar-refractivity contribution in [3.05, 3.63) is 106 Å². The fourth-order valence-electron chi connectivity index (χ4n) is 6.58. The Balaban J connectivity index is 1.33. The highest BCUT2D eigenvalue weighted by atomic mass is 19.1. The first-order valence-electron chi connectivity index (χ1n) is 15.4. The number of fused-ring (bicyclic) bond motifs is 6. The van der Waals surface area contributed by atoms with E-state index in [0.717, 1.165) is 49.7 Å². The number of aryl methyl sites for hydroxylation is 2. The number of pyridine rings is 2. The molecule has 0 spiro atoms. The van der Waals surface area contributed by atoms with Gasteiger partial charge >= 0.3 is 0 Å². The maximum atomic E-state index is 16.2. The van der Waals surface area contributed by atoms with Crippen molar-refractivity contribution in [1.29, 1.82) is 0 Å². The summed E-state index contributed by atoms with van der Waals surface area (Å²) in [5, 5.41) is 1.71. The molecule has 9 heteroatoms. The van der Waals surface area contributed by atoms with Crippen molar-refractivity contribution in [3.63, 3.8) is 0 Å². The summed E-state index contributed by atoms with van der Waals surface area (Å²) < 4.78 is 39.2. The van der Waals surface area contributed by atoms with Crippen LogP contribution < -0.4 is 19.8 Å². The van der Waals surface area contributed by atoms with E-state index in [-0.39, 0.29) is 11.3 Å². The first-order chi connectivity index (χ1) is 23.3. The van der Waals surface area contributed by atoms with Crippen LogP contribution in [0.5, 0.6) is 17.2 Å². The van der Waals surface area contributed by atoms with Gasteiger partial charge in [0.2, 0.25) is 5.56 Å². The lowest BCUT2D eigenvalue weighted by Gasteiger charge is -2.13. The summed E-state index contributed by atoms with van der Waals surface area (Å²) in [6.07, 6.45) is 0. The van der Waals surface area contributed by atoms with Gasteiger partial charge in [0.15, 0.2) is 17.1 Å². The maximum absolute atomic E-state index is 16.2. The molecule has 0 atom stereocenters. The molecule has 4 aromatic carbocycles. The Hall–Kier alpha value is -6.09. The van der Waals surface area contributed by atoms with Gasteiger partial charge in [0, 0.05) is 50.3 Å². The van der Waals surface area contributed by atoms with Crippen LogP contribution in [-0.2, 0) is 0 Å². The summed E-state index contributed by atoms with van der Waals surface area (Å²) >= 11 is 0. The van der Waals surface area contributed by atoms with Gasteiger partial charge in [-0.25, -0.2) is 4.39 Å². The van der Waals surface area contributed by atoms with Crippen molar-refractivity contribution >= 4 is 44.0 Å². The third kappa shape index (κ3) is 4.58. The number of ether oxygens (including phenoxy) is 3. The van der Waals surface area contributed by atoms with Crippen LogP contribution >= 0.6 is 0 Å². The maximum Gasteiger partial charge on any atom is 0.249 e. The molecule has 0 amide bonds. The average molecular weight is 640 g/mol. The third-order valence-corrected chi connectivity index (χ3v) is 8.88. The number of nitrogens with zero attached hydrogens (tertiary/aromatic N) is 1. The topological polar surface area (TPSA) is 102 Å². The number of halogens is 1. The lowest BCUT2D eigenvalue weighted by molar-refractivity contribution is 0.387. The normalized spacial score (nSPS) is 11.6. The molecule has 4 aromatic heterocycles. The highest BCUT2D eigenvalue weighted by Gasteiger charge is 2.22. The number of aromatic amines is 2. The highest BCUT2D eigenvalue weighted by molar-refractivity contribution is 6.11. The van der Waals surface area contributed by atoms with Crippen LogP contribution in [0.4, 0.5) is 4.39 Å². The number of furan rings is 1. The number of benzene rings is 4. The Bertz CT molecular complexity index is 2650. The first kappa shape index (κ1) is 29.3. The van der Waals surface area contributed by atoms with Gasteiger partial charge in [-0.3, -0.25) is 9.78 Å². The van der Waals surface area contributed by atoms with Crippen LogP contribution in [0, 0.1) is 19.7 Å². The van der Waals surface area contributed by atoms with Gasteiger partial charge in [-0.15, -0.1) is 0 Å². The largest absolute Gasteiger partial charge is 0.497 e. The molecule has 0 fully saturated rings. The van der Waals surface area contributed by atoms with Crippen molar-refractivity contribution in [2.45, 2.75) is 13.8 Å². The van der Waals surface area contributed by atoms with Gasteiger partial charge in [0.25, 0.3) is 0 Å². The zero-order valence-corrected chi connectivity index (χ0v) is 26.9. The molecule has 0 bridgehead atoms. The summed E-state index contributed by atoms with van der Waals surface area (Å²) in [6, 6.07) is 24.1. The Morgan fingerprint density at radius 3 is 2.31 bits per heavy atom. The molecule has 0 aliphatic rings. The van der Waals surface area contributed by atoms with Crippen LogP contribution in [0.2, 0.25) is 0 Å². The van der Waals surface area contributed by atoms with Crippen LogP contribution in [0.25, 0.3) is 77.4 Å². The monoisotopic (exact) mass is 639 g/mol. The van der Waals surface area contributed by atoms with Gasteiger partial charge in [-0.1, -0.05) is 17.7 Å². The molecule has 0 unspecified atom stereocenters. The smallest absolute Gasteiger partial charge is 0.249 e. The van der Waals surface area contributed by atoms with Gasteiger partial charge in [0.1, 0.15) is 17.1 Å². The zero-order chi connectivity index (χ0) is 33.3. The van der Waals surface area contributed by atoms with E-state index in [9.17, 15) is 4.79 Å². The number of methoxy groups -OCH3 is 3. The van der Waals surface area contributed by atoms with E-state index in [2.05, 4.69) is 16.0 Å². The second-order valence-corrected chi connectivity index (χ2v) is 11.9. The summed E-state index contributed by atoms with van der Waals surface area (Å²) in [5.41, 5.74) is 9.45. The average Bonchev–Trinajstić information content (AvgIpc) is 3.64. The molecule has 238 valence electrons. The van der Waals surface area contributed by atoms with Crippen LogP contribution in [0.15, 0.2) is 88.1 Å². The van der Waals surface area contributed by atoms with Crippen LogP contribution in [-0.4, -0.2) is 36.3 Å². The number of hydrogen-bond acceptors (Lipinski definition) is 6. The molecular formula is C39H30FN3O5. The molecule has 2 N–H and O–H groups in total. The number of rotatable bonds is 6. The highest BCUT2D eigenvalue weighted by Crippen LogP contribution is 2.42. The minimum Gasteiger partial charge on any atom is -0.497 e. The molecule has 48 heavy (non-hydrogen) atoms. The molecule has 4 heterocycles. The van der Waals surface area contributed by atoms with E-state index in [1.165, 1.54) is 13.2 Å². The summed E-state index contributed by atoms with van der Waals surface area (Å²) in [6.45, 7) is 3.95. The van der Waals surface area contributed by atoms with E-state index >= 15 is 4.39 Å². The van der Waals surface area contributed by atoms with E-state index < -0.39 is 5.82 Å². The zero-order valence-electron chi connectivity index (χ0n) is 26.9. The molecule has 0 saturated heterocycles. The van der Waals surface area contributed by atoms with Crippen molar-refractivity contribution in [2.75, 3.05) is 21.3 Å². The molecule has 0 saturated carbocycles. The lowest BCUT2D eigenvalue weighted by Crippen LogP contribution is -2.04. The van der Waals surface area contributed by atoms with Crippen molar-refractivity contribution in [1.82, 2.24) is 15.0 Å².